The highest BCUT2D eigenvalue weighted by Crippen LogP contribution is 2.22. The molecule has 1 N–H and O–H groups in total. The molecule has 1 saturated heterocycles. The first-order valence-corrected chi connectivity index (χ1v) is 11.8. The molecule has 2 aromatic carbocycles. The summed E-state index contributed by atoms with van der Waals surface area (Å²) in [5.74, 6) is 0. The van der Waals surface area contributed by atoms with E-state index in [1.54, 1.807) is 20.8 Å². The number of rotatable bonds is 5. The zero-order valence-electron chi connectivity index (χ0n) is 20.9. The van der Waals surface area contributed by atoms with Crippen LogP contribution in [0.1, 0.15) is 38.3 Å². The van der Waals surface area contributed by atoms with Crippen molar-refractivity contribution in [1.29, 1.82) is 0 Å². The minimum atomic E-state index is -0.835. The summed E-state index contributed by atoms with van der Waals surface area (Å²) >= 11 is 0. The highest BCUT2D eigenvalue weighted by Gasteiger charge is 2.36. The molecule has 0 unspecified atom stereocenters. The molecule has 0 saturated carbocycles. The van der Waals surface area contributed by atoms with E-state index >= 15 is 0 Å². The van der Waals surface area contributed by atoms with Crippen LogP contribution in [-0.2, 0) is 27.4 Å². The van der Waals surface area contributed by atoms with Crippen LogP contribution in [0.2, 0.25) is 0 Å². The van der Waals surface area contributed by atoms with Gasteiger partial charge in [0.15, 0.2) is 0 Å². The van der Waals surface area contributed by atoms with E-state index in [1.807, 2.05) is 60.7 Å². The number of hydrazine groups is 1. The van der Waals surface area contributed by atoms with Crippen molar-refractivity contribution in [2.75, 3.05) is 13.1 Å². The molecule has 0 spiro atoms. The maximum atomic E-state index is 13.1. The Balaban J connectivity index is 1.73. The average Bonchev–Trinajstić information content (AvgIpc) is 2.85. The van der Waals surface area contributed by atoms with Crippen LogP contribution < -0.4 is 5.43 Å². The topological polar surface area (TPSA) is 97.4 Å². The van der Waals surface area contributed by atoms with Crippen LogP contribution in [0.3, 0.4) is 0 Å². The Morgan fingerprint density at radius 1 is 0.972 bits per heavy atom. The summed E-state index contributed by atoms with van der Waals surface area (Å²) in [4.78, 5) is 39.9. The van der Waals surface area contributed by atoms with Gasteiger partial charge < -0.3 is 19.1 Å². The molecule has 1 aliphatic heterocycles. The lowest BCUT2D eigenvalue weighted by molar-refractivity contribution is 0.00914. The van der Waals surface area contributed by atoms with Gasteiger partial charge in [-0.1, -0.05) is 67.2 Å². The van der Waals surface area contributed by atoms with Gasteiger partial charge in [0.25, 0.3) is 0 Å². The molecule has 2 aromatic rings. The predicted octanol–water partition coefficient (Wildman–Crippen LogP) is 5.03. The quantitative estimate of drug-likeness (QED) is 0.355. The Morgan fingerprint density at radius 2 is 1.53 bits per heavy atom. The van der Waals surface area contributed by atoms with E-state index in [-0.39, 0.29) is 19.8 Å². The molecule has 1 heterocycles. The van der Waals surface area contributed by atoms with Gasteiger partial charge in [-0.05, 0) is 43.9 Å². The lowest BCUT2D eigenvalue weighted by atomic mass is 10.00. The third-order valence-corrected chi connectivity index (χ3v) is 5.36. The second-order valence-corrected chi connectivity index (χ2v) is 9.43. The highest BCUT2D eigenvalue weighted by atomic mass is 16.6. The summed E-state index contributed by atoms with van der Waals surface area (Å²) in [5, 5.41) is 1.04. The van der Waals surface area contributed by atoms with Crippen molar-refractivity contribution in [3.05, 3.63) is 83.9 Å². The molecule has 0 radical (unpaired) electrons. The second kappa shape index (κ2) is 12.1. The molecule has 3 amide bonds. The summed E-state index contributed by atoms with van der Waals surface area (Å²) in [6, 6.07) is 17.6. The number of carbonyl (C=O) groups excluding carboxylic acids is 3. The summed E-state index contributed by atoms with van der Waals surface area (Å²) < 4.78 is 16.3. The van der Waals surface area contributed by atoms with Crippen molar-refractivity contribution in [3.8, 4) is 0 Å². The SMILES string of the molecule is C=C1CCN(C(=O)OC(C)(C)C)C[C@H]1N(NC(=O)OCc1ccccc1)C(=O)OCc1ccccc1. The summed E-state index contributed by atoms with van der Waals surface area (Å²) in [5.41, 5.74) is 4.06. The minimum absolute atomic E-state index is 0.00585. The number of likely N-dealkylation sites (tertiary alicyclic amines) is 1. The van der Waals surface area contributed by atoms with Crippen molar-refractivity contribution >= 4 is 18.3 Å². The first-order valence-electron chi connectivity index (χ1n) is 11.8. The van der Waals surface area contributed by atoms with Crippen LogP contribution in [0.25, 0.3) is 0 Å². The van der Waals surface area contributed by atoms with Gasteiger partial charge >= 0.3 is 18.3 Å². The second-order valence-electron chi connectivity index (χ2n) is 9.43. The minimum Gasteiger partial charge on any atom is -0.444 e. The van der Waals surface area contributed by atoms with E-state index < -0.39 is 29.9 Å². The van der Waals surface area contributed by atoms with Crippen molar-refractivity contribution < 1.29 is 28.6 Å². The Kier molecular flexibility index (Phi) is 8.94. The Hall–Kier alpha value is -4.01. The number of hydrogen-bond acceptors (Lipinski definition) is 6. The molecule has 1 aliphatic rings. The van der Waals surface area contributed by atoms with Crippen LogP contribution in [0, 0.1) is 0 Å². The van der Waals surface area contributed by atoms with Crippen molar-refractivity contribution in [1.82, 2.24) is 15.3 Å². The van der Waals surface area contributed by atoms with Gasteiger partial charge in [0.1, 0.15) is 18.8 Å². The van der Waals surface area contributed by atoms with Gasteiger partial charge in [0.2, 0.25) is 0 Å². The first kappa shape index (κ1) is 26.6. The van der Waals surface area contributed by atoms with Crippen molar-refractivity contribution in [2.45, 2.75) is 52.0 Å². The number of carbonyl (C=O) groups is 3. The van der Waals surface area contributed by atoms with E-state index in [4.69, 9.17) is 14.2 Å². The van der Waals surface area contributed by atoms with Crippen LogP contribution in [0.4, 0.5) is 14.4 Å². The molecular weight excluding hydrogens is 462 g/mol. The fraction of sp³-hybridized carbons (Fsp3) is 0.370. The van der Waals surface area contributed by atoms with Crippen molar-refractivity contribution in [3.63, 3.8) is 0 Å². The molecule has 3 rings (SSSR count). The number of nitrogens with one attached hydrogen (secondary N) is 1. The van der Waals surface area contributed by atoms with Crippen LogP contribution in [0.15, 0.2) is 72.8 Å². The molecule has 192 valence electrons. The van der Waals surface area contributed by atoms with E-state index in [0.717, 1.165) is 16.1 Å². The van der Waals surface area contributed by atoms with E-state index in [9.17, 15) is 14.4 Å². The Labute approximate surface area is 211 Å². The number of benzene rings is 2. The number of piperidine rings is 1. The largest absolute Gasteiger partial charge is 0.444 e. The monoisotopic (exact) mass is 495 g/mol. The standard InChI is InChI=1S/C27H33N3O6/c1-20-15-16-29(25(32)36-27(2,3)4)17-23(20)30(26(33)35-19-22-13-9-6-10-14-22)28-24(31)34-18-21-11-7-5-8-12-21/h5-14,23H,1,15-19H2,2-4H3,(H,28,31)/t23-/m1/s1. The molecule has 36 heavy (non-hydrogen) atoms. The fourth-order valence-corrected chi connectivity index (χ4v) is 3.52. The van der Waals surface area contributed by atoms with E-state index in [1.165, 1.54) is 4.90 Å². The van der Waals surface area contributed by atoms with Gasteiger partial charge in [-0.15, -0.1) is 0 Å². The number of nitrogens with zero attached hydrogens (tertiary/aromatic N) is 2. The maximum Gasteiger partial charge on any atom is 0.429 e. The summed E-state index contributed by atoms with van der Waals surface area (Å²) in [6.07, 6.45) is -1.72. The average molecular weight is 496 g/mol. The summed E-state index contributed by atoms with van der Waals surface area (Å²) in [6.45, 7) is 9.90. The highest BCUT2D eigenvalue weighted by molar-refractivity contribution is 5.75. The zero-order chi connectivity index (χ0) is 26.1. The molecular formula is C27H33N3O6. The smallest absolute Gasteiger partial charge is 0.429 e. The third-order valence-electron chi connectivity index (χ3n) is 5.36. The molecule has 0 bridgehead atoms. The number of amides is 3. The zero-order valence-corrected chi connectivity index (χ0v) is 20.9. The number of hydrogen-bond donors (Lipinski definition) is 1. The molecule has 1 atom stereocenters. The lowest BCUT2D eigenvalue weighted by Crippen LogP contribution is -2.59. The van der Waals surface area contributed by atoms with Gasteiger partial charge in [-0.3, -0.25) is 0 Å². The van der Waals surface area contributed by atoms with Gasteiger partial charge in [0.05, 0.1) is 12.6 Å². The first-order chi connectivity index (χ1) is 17.1. The Bertz CT molecular complexity index is 1050. The van der Waals surface area contributed by atoms with Crippen LogP contribution in [-0.4, -0.2) is 52.9 Å². The lowest BCUT2D eigenvalue weighted by Gasteiger charge is -2.39. The fourth-order valence-electron chi connectivity index (χ4n) is 3.52. The van der Waals surface area contributed by atoms with Gasteiger partial charge in [-0.25, -0.2) is 24.8 Å². The van der Waals surface area contributed by atoms with E-state index in [0.29, 0.717) is 18.5 Å². The maximum absolute atomic E-state index is 13.1. The number of ether oxygens (including phenoxy) is 3. The normalized spacial score (nSPS) is 15.6. The van der Waals surface area contributed by atoms with Gasteiger partial charge in [0, 0.05) is 6.54 Å². The summed E-state index contributed by atoms with van der Waals surface area (Å²) in [7, 11) is 0. The molecule has 0 aliphatic carbocycles. The van der Waals surface area contributed by atoms with Crippen molar-refractivity contribution in [2.24, 2.45) is 0 Å². The molecule has 9 heteroatoms. The van der Waals surface area contributed by atoms with E-state index in [2.05, 4.69) is 12.0 Å². The van der Waals surface area contributed by atoms with Crippen LogP contribution >= 0.6 is 0 Å². The molecule has 9 nitrogen and oxygen atoms in total. The van der Waals surface area contributed by atoms with Gasteiger partial charge in [-0.2, -0.15) is 0 Å². The molecule has 0 aromatic heterocycles. The predicted molar refractivity (Wildman–Crippen MR) is 134 cm³/mol. The molecule has 1 fully saturated rings. The Morgan fingerprint density at radius 3 is 2.08 bits per heavy atom. The third kappa shape index (κ3) is 8.04. The van der Waals surface area contributed by atoms with Crippen LogP contribution in [0.5, 0.6) is 0 Å².